The highest BCUT2D eigenvalue weighted by Crippen LogP contribution is 2.30. The van der Waals surface area contributed by atoms with E-state index in [1.165, 1.54) is 18.3 Å². The lowest BCUT2D eigenvalue weighted by molar-refractivity contribution is -0.148. The van der Waals surface area contributed by atoms with Crippen molar-refractivity contribution in [3.63, 3.8) is 0 Å². The van der Waals surface area contributed by atoms with Crippen molar-refractivity contribution in [3.05, 3.63) is 71.8 Å². The molecule has 24 heavy (non-hydrogen) atoms. The predicted molar refractivity (Wildman–Crippen MR) is 89.3 cm³/mol. The number of nitrogens with zero attached hydrogens (tertiary/aromatic N) is 2. The predicted octanol–water partition coefficient (Wildman–Crippen LogP) is 3.18. The summed E-state index contributed by atoms with van der Waals surface area (Å²) in [7, 11) is 0. The molecule has 1 aliphatic rings. The highest BCUT2D eigenvalue weighted by Gasteiger charge is 2.34. The van der Waals surface area contributed by atoms with E-state index in [4.69, 9.17) is 4.74 Å². The zero-order valence-corrected chi connectivity index (χ0v) is 13.5. The molecular formula is C19H19FN2O2. The largest absolute Gasteiger partial charge is 0.464 e. The van der Waals surface area contributed by atoms with Crippen LogP contribution in [0.25, 0.3) is 5.70 Å². The van der Waals surface area contributed by atoms with Crippen molar-refractivity contribution in [2.45, 2.75) is 25.9 Å². The van der Waals surface area contributed by atoms with Crippen LogP contribution >= 0.6 is 0 Å². The van der Waals surface area contributed by atoms with Crippen molar-refractivity contribution in [1.29, 1.82) is 0 Å². The number of pyridine rings is 1. The van der Waals surface area contributed by atoms with Gasteiger partial charge in [0, 0.05) is 19.2 Å². The Hall–Kier alpha value is -2.69. The van der Waals surface area contributed by atoms with Gasteiger partial charge in [0.1, 0.15) is 11.7 Å². The van der Waals surface area contributed by atoms with Crippen LogP contribution in [0.15, 0.2) is 49.2 Å². The molecule has 0 N–H and O–H groups in total. The van der Waals surface area contributed by atoms with Gasteiger partial charge in [-0.1, -0.05) is 30.8 Å². The molecule has 0 spiro atoms. The molecule has 0 radical (unpaired) electrons. The summed E-state index contributed by atoms with van der Waals surface area (Å²) in [5, 5.41) is 0. The molecule has 2 aromatic rings. The van der Waals surface area contributed by atoms with Gasteiger partial charge in [-0.15, -0.1) is 0 Å². The Bertz CT molecular complexity index is 775. The van der Waals surface area contributed by atoms with Gasteiger partial charge in [-0.2, -0.15) is 0 Å². The van der Waals surface area contributed by atoms with Crippen molar-refractivity contribution < 1.29 is 13.9 Å². The quantitative estimate of drug-likeness (QED) is 0.809. The van der Waals surface area contributed by atoms with Crippen LogP contribution in [0.5, 0.6) is 0 Å². The summed E-state index contributed by atoms with van der Waals surface area (Å²) in [6, 6.07) is 10.2. The normalized spacial score (nSPS) is 16.4. The average Bonchev–Trinajstić information content (AvgIpc) is 2.60. The maximum Gasteiger partial charge on any atom is 0.329 e. The van der Waals surface area contributed by atoms with Gasteiger partial charge in [-0.3, -0.25) is 4.98 Å². The van der Waals surface area contributed by atoms with Crippen molar-refractivity contribution in [3.8, 4) is 0 Å². The fourth-order valence-corrected chi connectivity index (χ4v) is 2.99. The molecule has 0 aliphatic carbocycles. The minimum atomic E-state index is -0.534. The molecule has 5 heteroatoms. The molecule has 1 aromatic carbocycles. The van der Waals surface area contributed by atoms with Crippen LogP contribution in [0, 0.1) is 5.82 Å². The number of hydrogen-bond donors (Lipinski definition) is 0. The number of carbonyl (C=O) groups is 1. The highest BCUT2D eigenvalue weighted by molar-refractivity contribution is 5.79. The molecule has 0 bridgehead atoms. The lowest BCUT2D eigenvalue weighted by Crippen LogP contribution is -2.45. The third-order valence-electron chi connectivity index (χ3n) is 4.19. The van der Waals surface area contributed by atoms with Crippen LogP contribution < -0.4 is 0 Å². The molecule has 2 heterocycles. The summed E-state index contributed by atoms with van der Waals surface area (Å²) in [6.07, 6.45) is 2.02. The number of aromatic nitrogens is 1. The second-order valence-electron chi connectivity index (χ2n) is 5.65. The molecule has 0 amide bonds. The Morgan fingerprint density at radius 1 is 1.33 bits per heavy atom. The summed E-state index contributed by atoms with van der Waals surface area (Å²) >= 11 is 0. The fraction of sp³-hybridized carbons (Fsp3) is 0.263. The molecule has 1 aromatic heterocycles. The Labute approximate surface area is 140 Å². The first kappa shape index (κ1) is 16.2. The second kappa shape index (κ2) is 6.83. The molecule has 3 rings (SSSR count). The molecule has 0 saturated heterocycles. The van der Waals surface area contributed by atoms with Gasteiger partial charge in [-0.05, 0) is 30.2 Å². The van der Waals surface area contributed by atoms with Crippen LogP contribution in [0.2, 0.25) is 0 Å². The maximum atomic E-state index is 14.1. The standard InChI is InChI=1S/C19H19FN2O2/c1-3-24-19(23)17-11-14-7-4-5-8-15(14)12-22(17)13(2)18-16(20)9-6-10-21-18/h4-10,17H,2-3,11-12H2,1H3. The van der Waals surface area contributed by atoms with E-state index >= 15 is 0 Å². The molecule has 0 saturated carbocycles. The topological polar surface area (TPSA) is 42.4 Å². The monoisotopic (exact) mass is 326 g/mol. The second-order valence-corrected chi connectivity index (χ2v) is 5.65. The minimum absolute atomic E-state index is 0.158. The average molecular weight is 326 g/mol. The molecule has 1 aliphatic heterocycles. The maximum absolute atomic E-state index is 14.1. The van der Waals surface area contributed by atoms with Crippen LogP contribution in [-0.4, -0.2) is 28.5 Å². The third kappa shape index (κ3) is 3.02. The van der Waals surface area contributed by atoms with E-state index in [0.717, 1.165) is 11.1 Å². The van der Waals surface area contributed by atoms with E-state index in [2.05, 4.69) is 11.6 Å². The number of ether oxygens (including phenoxy) is 1. The first-order chi connectivity index (χ1) is 11.6. The van der Waals surface area contributed by atoms with E-state index in [9.17, 15) is 9.18 Å². The van der Waals surface area contributed by atoms with Crippen LogP contribution in [0.1, 0.15) is 23.7 Å². The molecular weight excluding hydrogens is 307 g/mol. The minimum Gasteiger partial charge on any atom is -0.464 e. The van der Waals surface area contributed by atoms with Gasteiger partial charge in [0.2, 0.25) is 0 Å². The van der Waals surface area contributed by atoms with Gasteiger partial charge < -0.3 is 9.64 Å². The van der Waals surface area contributed by atoms with Gasteiger partial charge >= 0.3 is 5.97 Å². The van der Waals surface area contributed by atoms with Crippen molar-refractivity contribution in [1.82, 2.24) is 9.88 Å². The summed E-state index contributed by atoms with van der Waals surface area (Å²) < 4.78 is 19.3. The van der Waals surface area contributed by atoms with Gasteiger partial charge in [0.25, 0.3) is 0 Å². The lowest BCUT2D eigenvalue weighted by atomic mass is 9.93. The molecule has 1 atom stereocenters. The number of rotatable bonds is 4. The van der Waals surface area contributed by atoms with E-state index < -0.39 is 11.9 Å². The molecule has 4 nitrogen and oxygen atoms in total. The lowest BCUT2D eigenvalue weighted by Gasteiger charge is -2.37. The zero-order chi connectivity index (χ0) is 17.1. The highest BCUT2D eigenvalue weighted by atomic mass is 19.1. The summed E-state index contributed by atoms with van der Waals surface area (Å²) in [5.41, 5.74) is 2.74. The van der Waals surface area contributed by atoms with Crippen LogP contribution in [0.3, 0.4) is 0 Å². The Balaban J connectivity index is 1.97. The number of benzene rings is 1. The van der Waals surface area contributed by atoms with E-state index in [1.807, 2.05) is 24.3 Å². The zero-order valence-electron chi connectivity index (χ0n) is 13.5. The number of hydrogen-bond acceptors (Lipinski definition) is 4. The van der Waals surface area contributed by atoms with Gasteiger partial charge in [0.15, 0.2) is 5.82 Å². The summed E-state index contributed by atoms with van der Waals surface area (Å²) in [6.45, 7) is 6.53. The van der Waals surface area contributed by atoms with Crippen LogP contribution in [-0.2, 0) is 22.5 Å². The molecule has 1 unspecified atom stereocenters. The van der Waals surface area contributed by atoms with E-state index in [1.54, 1.807) is 11.8 Å². The SMILES string of the molecule is C=C(c1ncccc1F)N1Cc2ccccc2CC1C(=O)OCC. The van der Waals surface area contributed by atoms with Gasteiger partial charge in [-0.25, -0.2) is 9.18 Å². The fourth-order valence-electron chi connectivity index (χ4n) is 2.99. The number of halogens is 1. The summed E-state index contributed by atoms with van der Waals surface area (Å²) in [5.74, 6) is -0.784. The van der Waals surface area contributed by atoms with Crippen molar-refractivity contribution in [2.75, 3.05) is 6.61 Å². The number of fused-ring (bicyclic) bond motifs is 1. The summed E-state index contributed by atoms with van der Waals surface area (Å²) in [4.78, 5) is 18.3. The number of carbonyl (C=O) groups excluding carboxylic acids is 1. The van der Waals surface area contributed by atoms with Crippen molar-refractivity contribution >= 4 is 11.7 Å². The third-order valence-corrected chi connectivity index (χ3v) is 4.19. The van der Waals surface area contributed by atoms with Crippen molar-refractivity contribution in [2.24, 2.45) is 0 Å². The first-order valence-corrected chi connectivity index (χ1v) is 7.91. The van der Waals surface area contributed by atoms with Gasteiger partial charge in [0.05, 0.1) is 12.3 Å². The van der Waals surface area contributed by atoms with E-state index in [0.29, 0.717) is 25.3 Å². The molecule has 0 fully saturated rings. The Kier molecular flexibility index (Phi) is 4.60. The van der Waals surface area contributed by atoms with E-state index in [-0.39, 0.29) is 11.7 Å². The van der Waals surface area contributed by atoms with Crippen LogP contribution in [0.4, 0.5) is 4.39 Å². The number of esters is 1. The molecule has 124 valence electrons. The smallest absolute Gasteiger partial charge is 0.329 e. The first-order valence-electron chi connectivity index (χ1n) is 7.91. The Morgan fingerprint density at radius 2 is 2.08 bits per heavy atom. The Morgan fingerprint density at radius 3 is 2.79 bits per heavy atom.